The van der Waals surface area contributed by atoms with E-state index in [2.05, 4.69) is 33.1 Å². The third-order valence-electron chi connectivity index (χ3n) is 6.20. The second-order valence-corrected chi connectivity index (χ2v) is 9.34. The Labute approximate surface area is 199 Å². The first-order chi connectivity index (χ1) is 15.8. The van der Waals surface area contributed by atoms with Crippen molar-refractivity contribution in [3.63, 3.8) is 0 Å². The molecule has 1 aromatic heterocycles. The number of halogens is 1. The van der Waals surface area contributed by atoms with E-state index in [-0.39, 0.29) is 12.1 Å². The second kappa shape index (κ2) is 9.81. The smallest absolute Gasteiger partial charge is 0.313 e. The molecule has 1 aliphatic heterocycles. The van der Waals surface area contributed by atoms with Crippen molar-refractivity contribution in [1.82, 2.24) is 10.3 Å². The lowest BCUT2D eigenvalue weighted by Gasteiger charge is -2.34. The van der Waals surface area contributed by atoms with Gasteiger partial charge in [0.05, 0.1) is 23.2 Å². The number of rotatable bonds is 8. The van der Waals surface area contributed by atoms with E-state index in [1.54, 1.807) is 26.1 Å². The van der Waals surface area contributed by atoms with Gasteiger partial charge in [-0.25, -0.2) is 4.98 Å². The Bertz CT molecular complexity index is 1120. The molecule has 0 fully saturated rings. The van der Waals surface area contributed by atoms with Crippen LogP contribution in [0.2, 0.25) is 5.02 Å². The maximum atomic E-state index is 11.7. The molecule has 0 spiro atoms. The molecule has 33 heavy (non-hydrogen) atoms. The van der Waals surface area contributed by atoms with Crippen molar-refractivity contribution in [1.29, 1.82) is 0 Å². The van der Waals surface area contributed by atoms with Crippen molar-refractivity contribution in [3.05, 3.63) is 88.6 Å². The van der Waals surface area contributed by atoms with Crippen LogP contribution in [-0.4, -0.2) is 35.2 Å². The van der Waals surface area contributed by atoms with Gasteiger partial charge in [-0.3, -0.25) is 4.79 Å². The number of carboxylic acid groups (broad SMARTS) is 1. The van der Waals surface area contributed by atoms with Crippen LogP contribution < -0.4 is 16.0 Å². The summed E-state index contributed by atoms with van der Waals surface area (Å²) >= 11 is 6.33. The molecule has 6 nitrogen and oxygen atoms in total. The van der Waals surface area contributed by atoms with Gasteiger partial charge in [-0.2, -0.15) is 0 Å². The molecule has 0 saturated carbocycles. The third kappa shape index (κ3) is 5.29. The molecule has 0 amide bonds. The summed E-state index contributed by atoms with van der Waals surface area (Å²) in [6.45, 7) is 4.86. The van der Waals surface area contributed by atoms with Gasteiger partial charge in [0.15, 0.2) is 0 Å². The monoisotopic (exact) mass is 464 g/mol. The first-order valence-corrected chi connectivity index (χ1v) is 11.5. The minimum Gasteiger partial charge on any atom is -0.481 e. The van der Waals surface area contributed by atoms with Crippen LogP contribution in [0.5, 0.6) is 0 Å². The van der Waals surface area contributed by atoms with Crippen LogP contribution >= 0.6 is 11.6 Å². The average molecular weight is 465 g/mol. The molecule has 2 aromatic carbocycles. The summed E-state index contributed by atoms with van der Waals surface area (Å²) in [5.41, 5.74) is 2.91. The van der Waals surface area contributed by atoms with E-state index >= 15 is 0 Å². The van der Waals surface area contributed by atoms with Crippen molar-refractivity contribution < 1.29 is 9.90 Å². The Balaban J connectivity index is 1.50. The molecule has 0 unspecified atom stereocenters. The maximum absolute atomic E-state index is 11.7. The number of nitrogens with one attached hydrogen (secondary N) is 3. The third-order valence-corrected chi connectivity index (χ3v) is 6.41. The molecular weight excluding hydrogens is 436 g/mol. The number of carboxylic acids is 1. The summed E-state index contributed by atoms with van der Waals surface area (Å²) in [6, 6.07) is 20.1. The van der Waals surface area contributed by atoms with E-state index in [1.165, 1.54) is 5.56 Å². The molecule has 0 radical (unpaired) electrons. The average Bonchev–Trinajstić information content (AvgIpc) is 2.81. The predicted molar refractivity (Wildman–Crippen MR) is 133 cm³/mol. The fourth-order valence-electron chi connectivity index (χ4n) is 4.11. The molecule has 3 aromatic rings. The van der Waals surface area contributed by atoms with Gasteiger partial charge in [-0.15, -0.1) is 0 Å². The lowest BCUT2D eigenvalue weighted by Crippen LogP contribution is -2.44. The Morgan fingerprint density at radius 1 is 1.21 bits per heavy atom. The summed E-state index contributed by atoms with van der Waals surface area (Å²) in [5, 5.41) is 20.9. The Kier molecular flexibility index (Phi) is 6.86. The zero-order chi connectivity index (χ0) is 23.4. The number of pyridine rings is 1. The second-order valence-electron chi connectivity index (χ2n) is 8.90. The Morgan fingerprint density at radius 3 is 2.76 bits per heavy atom. The van der Waals surface area contributed by atoms with Crippen LogP contribution in [0.3, 0.4) is 0 Å². The SMILES string of the molecule is CC(C)(C(=O)O)c1cc(Cl)cc(CCN[C@H](c2ccccc2)[C@H]2CNc3cccnc3N2)c1. The molecule has 1 aliphatic rings. The zero-order valence-electron chi connectivity index (χ0n) is 18.8. The van der Waals surface area contributed by atoms with E-state index in [0.29, 0.717) is 17.1 Å². The Morgan fingerprint density at radius 2 is 2.00 bits per heavy atom. The first-order valence-electron chi connectivity index (χ1n) is 11.1. The van der Waals surface area contributed by atoms with Crippen LogP contribution in [-0.2, 0) is 16.6 Å². The van der Waals surface area contributed by atoms with Gasteiger partial charge in [0.1, 0.15) is 5.82 Å². The van der Waals surface area contributed by atoms with Gasteiger partial charge in [0.2, 0.25) is 0 Å². The van der Waals surface area contributed by atoms with E-state index < -0.39 is 11.4 Å². The molecule has 4 N–H and O–H groups in total. The predicted octanol–water partition coefficient (Wildman–Crippen LogP) is 4.88. The van der Waals surface area contributed by atoms with Crippen LogP contribution in [0, 0.1) is 0 Å². The molecule has 2 atom stereocenters. The normalized spacial score (nSPS) is 16.3. The Hall–Kier alpha value is -3.09. The fourth-order valence-corrected chi connectivity index (χ4v) is 4.37. The fraction of sp³-hybridized carbons (Fsp3) is 0.308. The van der Waals surface area contributed by atoms with Crippen molar-refractivity contribution in [2.75, 3.05) is 23.7 Å². The van der Waals surface area contributed by atoms with Crippen LogP contribution in [0.15, 0.2) is 66.9 Å². The number of hydrogen-bond acceptors (Lipinski definition) is 5. The van der Waals surface area contributed by atoms with Gasteiger partial charge in [-0.1, -0.05) is 48.0 Å². The molecule has 4 rings (SSSR count). The lowest BCUT2D eigenvalue weighted by atomic mass is 9.84. The van der Waals surface area contributed by atoms with E-state index in [4.69, 9.17) is 11.6 Å². The summed E-state index contributed by atoms with van der Waals surface area (Å²) in [6.07, 6.45) is 2.51. The standard InChI is InChI=1S/C26H29ClN4O2/c1-26(2,25(32)33)19-13-17(14-20(27)15-19)10-12-28-23(18-7-4-3-5-8-18)22-16-30-21-9-6-11-29-24(21)31-22/h3-9,11,13-15,22-23,28,30H,10,12,16H2,1-2H3,(H,29,31)(H,32,33)/t22-,23-/m1/s1. The van der Waals surface area contributed by atoms with Crippen molar-refractivity contribution >= 4 is 29.1 Å². The quantitative estimate of drug-likeness (QED) is 0.380. The first kappa shape index (κ1) is 23.1. The van der Waals surface area contributed by atoms with E-state index in [9.17, 15) is 9.90 Å². The highest BCUT2D eigenvalue weighted by Crippen LogP contribution is 2.29. The molecular formula is C26H29ClN4O2. The zero-order valence-corrected chi connectivity index (χ0v) is 19.6. The highest BCUT2D eigenvalue weighted by Gasteiger charge is 2.30. The van der Waals surface area contributed by atoms with E-state index in [0.717, 1.165) is 30.0 Å². The molecule has 172 valence electrons. The molecule has 0 saturated heterocycles. The number of aliphatic carboxylic acids is 1. The topological polar surface area (TPSA) is 86.3 Å². The van der Waals surface area contributed by atoms with Gasteiger partial charge in [-0.05, 0) is 67.8 Å². The van der Waals surface area contributed by atoms with Gasteiger partial charge in [0.25, 0.3) is 0 Å². The number of fused-ring (bicyclic) bond motifs is 1. The summed E-state index contributed by atoms with van der Waals surface area (Å²) in [5.74, 6) is -0.0189. The minimum atomic E-state index is -1.00. The van der Waals surface area contributed by atoms with Crippen LogP contribution in [0.25, 0.3) is 0 Å². The van der Waals surface area contributed by atoms with Crippen LogP contribution in [0.4, 0.5) is 11.5 Å². The number of anilines is 2. The molecule has 7 heteroatoms. The number of aromatic nitrogens is 1. The van der Waals surface area contributed by atoms with Crippen molar-refractivity contribution in [2.24, 2.45) is 0 Å². The maximum Gasteiger partial charge on any atom is 0.313 e. The van der Waals surface area contributed by atoms with Gasteiger partial charge >= 0.3 is 5.97 Å². The van der Waals surface area contributed by atoms with Crippen LogP contribution in [0.1, 0.15) is 36.6 Å². The number of benzene rings is 2. The lowest BCUT2D eigenvalue weighted by molar-refractivity contribution is -0.142. The minimum absolute atomic E-state index is 0.0583. The highest BCUT2D eigenvalue weighted by atomic mass is 35.5. The number of carbonyl (C=O) groups is 1. The van der Waals surface area contributed by atoms with Crippen molar-refractivity contribution in [3.8, 4) is 0 Å². The van der Waals surface area contributed by atoms with Gasteiger partial charge in [0, 0.05) is 17.8 Å². The molecule has 0 bridgehead atoms. The van der Waals surface area contributed by atoms with Gasteiger partial charge < -0.3 is 21.1 Å². The van der Waals surface area contributed by atoms with Crippen molar-refractivity contribution in [2.45, 2.75) is 37.8 Å². The summed E-state index contributed by atoms with van der Waals surface area (Å²) in [4.78, 5) is 16.2. The molecule has 0 aliphatic carbocycles. The summed E-state index contributed by atoms with van der Waals surface area (Å²) in [7, 11) is 0. The van der Waals surface area contributed by atoms with E-state index in [1.807, 2.05) is 42.5 Å². The largest absolute Gasteiger partial charge is 0.481 e. The summed E-state index contributed by atoms with van der Waals surface area (Å²) < 4.78 is 0. The molecule has 2 heterocycles. The number of hydrogen-bond donors (Lipinski definition) is 4. The number of nitrogens with zero attached hydrogens (tertiary/aromatic N) is 1. The highest BCUT2D eigenvalue weighted by molar-refractivity contribution is 6.30.